The molecule has 1 nitrogen and oxygen atoms in total. The number of allylic oxidation sites excluding steroid dienone is 4. The number of likely N-dealkylation sites (N-methyl/N-ethyl adjacent to an activating group) is 1. The fraction of sp³-hybridized carbons (Fsp3) is 0.647. The Morgan fingerprint density at radius 3 is 2.28 bits per heavy atom. The van der Waals surface area contributed by atoms with Crippen LogP contribution in [-0.4, -0.2) is 18.0 Å². The standard InChI is InChI=1S/C17H29N/c1-5-9-16(10-6-2)18(4)17-13-7-11-15(3)12-8-14-17/h5-6,9-10,15,17H,1,7-8,11-14H2,2-4H3/b10-6-,16-9+. The number of hydrogen-bond donors (Lipinski definition) is 0. The summed E-state index contributed by atoms with van der Waals surface area (Å²) in [5, 5.41) is 0. The van der Waals surface area contributed by atoms with Crippen LogP contribution < -0.4 is 0 Å². The molecule has 0 amide bonds. The van der Waals surface area contributed by atoms with Crippen LogP contribution in [0.1, 0.15) is 52.4 Å². The van der Waals surface area contributed by atoms with Crippen LogP contribution in [-0.2, 0) is 0 Å². The molecular weight excluding hydrogens is 218 g/mol. The molecule has 1 rings (SSSR count). The zero-order valence-electron chi connectivity index (χ0n) is 12.4. The predicted octanol–water partition coefficient (Wildman–Crippen LogP) is 4.92. The second kappa shape index (κ2) is 8.18. The van der Waals surface area contributed by atoms with Crippen LogP contribution in [0.3, 0.4) is 0 Å². The Hall–Kier alpha value is -0.980. The van der Waals surface area contributed by atoms with Crippen LogP contribution in [0.15, 0.2) is 36.6 Å². The Morgan fingerprint density at radius 2 is 1.78 bits per heavy atom. The average molecular weight is 247 g/mol. The van der Waals surface area contributed by atoms with Crippen molar-refractivity contribution in [1.29, 1.82) is 0 Å². The number of hydrogen-bond acceptors (Lipinski definition) is 1. The lowest BCUT2D eigenvalue weighted by molar-refractivity contribution is 0.241. The van der Waals surface area contributed by atoms with E-state index in [4.69, 9.17) is 0 Å². The Kier molecular flexibility index (Phi) is 6.85. The third-order valence-corrected chi connectivity index (χ3v) is 4.05. The van der Waals surface area contributed by atoms with Crippen LogP contribution in [0.5, 0.6) is 0 Å². The van der Waals surface area contributed by atoms with Gasteiger partial charge in [-0.2, -0.15) is 0 Å². The Bertz CT molecular complexity index is 291. The zero-order valence-corrected chi connectivity index (χ0v) is 12.4. The Labute approximate surface area is 113 Å². The largest absolute Gasteiger partial charge is 0.372 e. The molecule has 1 fully saturated rings. The maximum absolute atomic E-state index is 3.82. The quantitative estimate of drug-likeness (QED) is 0.637. The highest BCUT2D eigenvalue weighted by atomic mass is 15.1. The third-order valence-electron chi connectivity index (χ3n) is 4.05. The van der Waals surface area contributed by atoms with E-state index in [2.05, 4.69) is 50.6 Å². The van der Waals surface area contributed by atoms with E-state index in [0.717, 1.165) is 5.92 Å². The van der Waals surface area contributed by atoms with Gasteiger partial charge in [-0.25, -0.2) is 0 Å². The molecule has 1 aliphatic carbocycles. The molecule has 0 aromatic rings. The summed E-state index contributed by atoms with van der Waals surface area (Å²) in [6.45, 7) is 8.29. The van der Waals surface area contributed by atoms with Crippen LogP contribution in [0.25, 0.3) is 0 Å². The highest BCUT2D eigenvalue weighted by Crippen LogP contribution is 2.26. The van der Waals surface area contributed by atoms with Crippen molar-refractivity contribution in [2.75, 3.05) is 7.05 Å². The van der Waals surface area contributed by atoms with Crippen LogP contribution in [0, 0.1) is 5.92 Å². The van der Waals surface area contributed by atoms with Crippen molar-refractivity contribution in [2.24, 2.45) is 5.92 Å². The van der Waals surface area contributed by atoms with Gasteiger partial charge in [0.2, 0.25) is 0 Å². The van der Waals surface area contributed by atoms with E-state index < -0.39 is 0 Å². The first-order valence-corrected chi connectivity index (χ1v) is 7.37. The van der Waals surface area contributed by atoms with Gasteiger partial charge in [0.1, 0.15) is 0 Å². The second-order valence-corrected chi connectivity index (χ2v) is 5.56. The molecule has 1 heteroatoms. The van der Waals surface area contributed by atoms with Crippen molar-refractivity contribution in [1.82, 2.24) is 4.90 Å². The topological polar surface area (TPSA) is 3.24 Å². The van der Waals surface area contributed by atoms with Crippen LogP contribution in [0.4, 0.5) is 0 Å². The summed E-state index contributed by atoms with van der Waals surface area (Å²) in [5.41, 5.74) is 1.28. The van der Waals surface area contributed by atoms with Gasteiger partial charge in [-0.15, -0.1) is 0 Å². The smallest absolute Gasteiger partial charge is 0.0362 e. The van der Waals surface area contributed by atoms with Crippen molar-refractivity contribution in [3.05, 3.63) is 36.6 Å². The number of nitrogens with zero attached hydrogens (tertiary/aromatic N) is 1. The fourth-order valence-corrected chi connectivity index (χ4v) is 2.87. The maximum Gasteiger partial charge on any atom is 0.0362 e. The van der Waals surface area contributed by atoms with E-state index in [1.165, 1.54) is 44.2 Å². The van der Waals surface area contributed by atoms with Gasteiger partial charge in [-0.1, -0.05) is 51.3 Å². The van der Waals surface area contributed by atoms with Gasteiger partial charge in [0, 0.05) is 18.8 Å². The van der Waals surface area contributed by atoms with Crippen molar-refractivity contribution in [3.63, 3.8) is 0 Å². The molecule has 0 heterocycles. The predicted molar refractivity (Wildman–Crippen MR) is 81.5 cm³/mol. The minimum Gasteiger partial charge on any atom is -0.372 e. The molecule has 0 N–H and O–H groups in total. The summed E-state index contributed by atoms with van der Waals surface area (Å²) < 4.78 is 0. The van der Waals surface area contributed by atoms with E-state index in [9.17, 15) is 0 Å². The second-order valence-electron chi connectivity index (χ2n) is 5.56. The average Bonchev–Trinajstić information content (AvgIpc) is 2.32. The normalized spacial score (nSPS) is 26.7. The first-order chi connectivity index (χ1) is 8.69. The van der Waals surface area contributed by atoms with Gasteiger partial charge in [0.15, 0.2) is 0 Å². The molecule has 0 aromatic carbocycles. The summed E-state index contributed by atoms with van der Waals surface area (Å²) in [6.07, 6.45) is 16.5. The molecule has 0 radical (unpaired) electrons. The van der Waals surface area contributed by atoms with Gasteiger partial charge in [-0.05, 0) is 37.8 Å². The van der Waals surface area contributed by atoms with Gasteiger partial charge < -0.3 is 4.90 Å². The SMILES string of the molecule is C=C/C=C(\C=C/C)N(C)C1CCCC(C)CCC1. The number of rotatable bonds is 4. The molecular formula is C17H29N. The van der Waals surface area contributed by atoms with Crippen LogP contribution >= 0.6 is 0 Å². The molecule has 0 saturated heterocycles. The Balaban J connectivity index is 2.65. The van der Waals surface area contributed by atoms with Gasteiger partial charge in [0.05, 0.1) is 0 Å². The van der Waals surface area contributed by atoms with Gasteiger partial charge >= 0.3 is 0 Å². The molecule has 102 valence electrons. The first kappa shape index (κ1) is 15.1. The Morgan fingerprint density at radius 1 is 1.17 bits per heavy atom. The van der Waals surface area contributed by atoms with E-state index in [1.807, 2.05) is 6.08 Å². The minimum atomic E-state index is 0.694. The van der Waals surface area contributed by atoms with E-state index in [-0.39, 0.29) is 0 Å². The molecule has 0 aliphatic heterocycles. The fourth-order valence-electron chi connectivity index (χ4n) is 2.87. The molecule has 0 spiro atoms. The van der Waals surface area contributed by atoms with Crippen molar-refractivity contribution in [3.8, 4) is 0 Å². The van der Waals surface area contributed by atoms with Gasteiger partial charge in [-0.3, -0.25) is 0 Å². The van der Waals surface area contributed by atoms with Gasteiger partial charge in [0.25, 0.3) is 0 Å². The monoisotopic (exact) mass is 247 g/mol. The van der Waals surface area contributed by atoms with E-state index in [0.29, 0.717) is 6.04 Å². The first-order valence-electron chi connectivity index (χ1n) is 7.37. The van der Waals surface area contributed by atoms with Crippen molar-refractivity contribution < 1.29 is 0 Å². The summed E-state index contributed by atoms with van der Waals surface area (Å²) in [6, 6.07) is 0.694. The van der Waals surface area contributed by atoms with Crippen molar-refractivity contribution >= 4 is 0 Å². The highest BCUT2D eigenvalue weighted by molar-refractivity contribution is 5.21. The minimum absolute atomic E-state index is 0.694. The lowest BCUT2D eigenvalue weighted by Gasteiger charge is -2.33. The van der Waals surface area contributed by atoms with Crippen LogP contribution in [0.2, 0.25) is 0 Å². The molecule has 18 heavy (non-hydrogen) atoms. The molecule has 0 unspecified atom stereocenters. The molecule has 0 atom stereocenters. The lowest BCUT2D eigenvalue weighted by atomic mass is 9.89. The zero-order chi connectivity index (χ0) is 13.4. The van der Waals surface area contributed by atoms with E-state index in [1.54, 1.807) is 0 Å². The highest BCUT2D eigenvalue weighted by Gasteiger charge is 2.18. The summed E-state index contributed by atoms with van der Waals surface area (Å²) in [4.78, 5) is 2.44. The summed E-state index contributed by atoms with van der Waals surface area (Å²) in [7, 11) is 2.23. The van der Waals surface area contributed by atoms with E-state index >= 15 is 0 Å². The molecule has 0 bridgehead atoms. The molecule has 0 aromatic heterocycles. The lowest BCUT2D eigenvalue weighted by Crippen LogP contribution is -2.31. The molecule has 1 saturated carbocycles. The molecule has 1 aliphatic rings. The van der Waals surface area contributed by atoms with Crippen molar-refractivity contribution in [2.45, 2.75) is 58.4 Å². The third kappa shape index (κ3) is 4.72. The summed E-state index contributed by atoms with van der Waals surface area (Å²) >= 11 is 0. The summed E-state index contributed by atoms with van der Waals surface area (Å²) in [5.74, 6) is 0.926. The maximum atomic E-state index is 3.82.